The fourth-order valence-corrected chi connectivity index (χ4v) is 5.81. The maximum absolute atomic E-state index is 13.0. The van der Waals surface area contributed by atoms with Crippen LogP contribution in [0.15, 0.2) is 41.1 Å². The molecule has 33 heavy (non-hydrogen) atoms. The fraction of sp³-hybridized carbons (Fsp3) is 0.458. The average Bonchev–Trinajstić information content (AvgIpc) is 3.48. The first kappa shape index (κ1) is 24.0. The van der Waals surface area contributed by atoms with Crippen molar-refractivity contribution in [1.82, 2.24) is 10.2 Å². The van der Waals surface area contributed by atoms with Crippen LogP contribution in [0.2, 0.25) is 0 Å². The summed E-state index contributed by atoms with van der Waals surface area (Å²) in [5.74, 6) is 0.0158. The molecule has 3 heterocycles. The molecule has 0 unspecified atom stereocenters. The number of benzene rings is 1. The number of amides is 1. The van der Waals surface area contributed by atoms with Gasteiger partial charge in [-0.3, -0.25) is 9.69 Å². The molecule has 4 rings (SSSR count). The van der Waals surface area contributed by atoms with Crippen LogP contribution in [0.4, 0.5) is 18.9 Å². The molecule has 0 aliphatic carbocycles. The van der Waals surface area contributed by atoms with E-state index in [2.05, 4.69) is 15.1 Å². The van der Waals surface area contributed by atoms with E-state index in [0.717, 1.165) is 74.4 Å². The van der Waals surface area contributed by atoms with E-state index in [0.29, 0.717) is 11.2 Å². The first-order valence-corrected chi connectivity index (χ1v) is 13.1. The molecule has 1 amide bonds. The number of nitrogens with zero attached hydrogens (tertiary/aromatic N) is 2. The molecule has 2 aromatic heterocycles. The third-order valence-corrected chi connectivity index (χ3v) is 7.83. The van der Waals surface area contributed by atoms with Crippen LogP contribution in [-0.4, -0.2) is 50.1 Å². The molecule has 1 aromatic carbocycles. The summed E-state index contributed by atoms with van der Waals surface area (Å²) in [6.07, 6.45) is 0.0754. The number of nitrogens with one attached hydrogen (secondary N) is 1. The standard InChI is InChI=1S/C24H28F3N3OS2/c25-24(26,27)18-7-8-19-20(17-33-22(19)16-18)30-13-11-29(12-14-30)10-4-2-1-3-9-28-23(31)21-6-5-15-32-21/h5-8,15-17H,1-4,9-14H2,(H,28,31). The van der Waals surface area contributed by atoms with Crippen LogP contribution >= 0.6 is 22.7 Å². The summed E-state index contributed by atoms with van der Waals surface area (Å²) in [6, 6.07) is 7.77. The van der Waals surface area contributed by atoms with Gasteiger partial charge in [0, 0.05) is 48.2 Å². The highest BCUT2D eigenvalue weighted by Crippen LogP contribution is 2.38. The molecule has 0 bridgehead atoms. The normalized spacial score (nSPS) is 15.3. The van der Waals surface area contributed by atoms with Gasteiger partial charge in [-0.05, 0) is 43.0 Å². The van der Waals surface area contributed by atoms with E-state index in [1.165, 1.54) is 34.8 Å². The minimum Gasteiger partial charge on any atom is -0.368 e. The minimum atomic E-state index is -4.30. The smallest absolute Gasteiger partial charge is 0.368 e. The predicted molar refractivity (Wildman–Crippen MR) is 131 cm³/mol. The van der Waals surface area contributed by atoms with Gasteiger partial charge in [0.25, 0.3) is 5.91 Å². The Morgan fingerprint density at radius 2 is 1.79 bits per heavy atom. The molecule has 4 nitrogen and oxygen atoms in total. The van der Waals surface area contributed by atoms with Crippen molar-refractivity contribution in [1.29, 1.82) is 0 Å². The molecule has 0 saturated carbocycles. The average molecular weight is 496 g/mol. The van der Waals surface area contributed by atoms with E-state index >= 15 is 0 Å². The zero-order valence-electron chi connectivity index (χ0n) is 18.4. The maximum Gasteiger partial charge on any atom is 0.416 e. The Bertz CT molecular complexity index is 1040. The van der Waals surface area contributed by atoms with Gasteiger partial charge in [-0.1, -0.05) is 25.0 Å². The van der Waals surface area contributed by atoms with Crippen molar-refractivity contribution < 1.29 is 18.0 Å². The maximum atomic E-state index is 13.0. The van der Waals surface area contributed by atoms with Crippen molar-refractivity contribution in [3.8, 4) is 0 Å². The van der Waals surface area contributed by atoms with Crippen molar-refractivity contribution in [3.05, 3.63) is 51.5 Å². The number of piperazine rings is 1. The lowest BCUT2D eigenvalue weighted by Crippen LogP contribution is -2.46. The van der Waals surface area contributed by atoms with Crippen molar-refractivity contribution in [3.63, 3.8) is 0 Å². The van der Waals surface area contributed by atoms with E-state index < -0.39 is 11.7 Å². The molecule has 1 N–H and O–H groups in total. The minimum absolute atomic E-state index is 0.0158. The highest BCUT2D eigenvalue weighted by atomic mass is 32.1. The number of thiophene rings is 2. The number of unbranched alkanes of at least 4 members (excludes halogenated alkanes) is 3. The van der Waals surface area contributed by atoms with Crippen molar-refractivity contribution in [2.75, 3.05) is 44.2 Å². The molecule has 0 radical (unpaired) electrons. The molecule has 1 fully saturated rings. The number of rotatable bonds is 9. The first-order chi connectivity index (χ1) is 15.9. The molecule has 0 spiro atoms. The number of fused-ring (bicyclic) bond motifs is 1. The van der Waals surface area contributed by atoms with Crippen LogP contribution < -0.4 is 10.2 Å². The molecule has 1 aliphatic rings. The molecule has 3 aromatic rings. The predicted octanol–water partition coefficient (Wildman–Crippen LogP) is 6.09. The van der Waals surface area contributed by atoms with Gasteiger partial charge in [0.05, 0.1) is 16.1 Å². The SMILES string of the molecule is O=C(NCCCCCCN1CCN(c2csc3cc(C(F)(F)F)ccc23)CC1)c1cccs1. The number of alkyl halides is 3. The summed E-state index contributed by atoms with van der Waals surface area (Å²) in [4.78, 5) is 17.4. The Morgan fingerprint density at radius 3 is 2.52 bits per heavy atom. The fourth-order valence-electron chi connectivity index (χ4n) is 4.16. The second-order valence-electron chi connectivity index (χ2n) is 8.31. The van der Waals surface area contributed by atoms with Gasteiger partial charge >= 0.3 is 6.18 Å². The summed E-state index contributed by atoms with van der Waals surface area (Å²) in [6.45, 7) is 5.50. The quantitative estimate of drug-likeness (QED) is 0.365. The van der Waals surface area contributed by atoms with Crippen LogP contribution in [0.5, 0.6) is 0 Å². The van der Waals surface area contributed by atoms with Crippen LogP contribution in [0.1, 0.15) is 40.9 Å². The van der Waals surface area contributed by atoms with Gasteiger partial charge in [0.15, 0.2) is 0 Å². The van der Waals surface area contributed by atoms with Crippen LogP contribution in [-0.2, 0) is 6.18 Å². The molecule has 1 aliphatic heterocycles. The highest BCUT2D eigenvalue weighted by molar-refractivity contribution is 7.17. The summed E-state index contributed by atoms with van der Waals surface area (Å²) in [7, 11) is 0. The lowest BCUT2D eigenvalue weighted by atomic mass is 10.1. The van der Waals surface area contributed by atoms with Crippen molar-refractivity contribution >= 4 is 44.4 Å². The Balaban J connectivity index is 1.14. The number of carbonyl (C=O) groups excluding carboxylic acids is 1. The number of halogens is 3. The van der Waals surface area contributed by atoms with Gasteiger partial charge in [0.1, 0.15) is 0 Å². The first-order valence-electron chi connectivity index (χ1n) is 11.3. The molecule has 178 valence electrons. The van der Waals surface area contributed by atoms with E-state index in [9.17, 15) is 18.0 Å². The summed E-state index contributed by atoms with van der Waals surface area (Å²) >= 11 is 2.84. The van der Waals surface area contributed by atoms with Crippen molar-refractivity contribution in [2.45, 2.75) is 31.9 Å². The van der Waals surface area contributed by atoms with E-state index in [4.69, 9.17) is 0 Å². The highest BCUT2D eigenvalue weighted by Gasteiger charge is 2.31. The number of hydrogen-bond donors (Lipinski definition) is 1. The topological polar surface area (TPSA) is 35.6 Å². The molecule has 1 saturated heterocycles. The Kier molecular flexibility index (Phi) is 7.93. The Morgan fingerprint density at radius 1 is 1.00 bits per heavy atom. The summed E-state index contributed by atoms with van der Waals surface area (Å²) in [5.41, 5.74) is 0.464. The Labute approximate surface area is 200 Å². The zero-order chi connectivity index (χ0) is 23.3. The lowest BCUT2D eigenvalue weighted by molar-refractivity contribution is -0.137. The van der Waals surface area contributed by atoms with Crippen molar-refractivity contribution in [2.24, 2.45) is 0 Å². The number of carbonyl (C=O) groups is 1. The van der Waals surface area contributed by atoms with Gasteiger partial charge in [-0.25, -0.2) is 0 Å². The van der Waals surface area contributed by atoms with E-state index in [1.54, 1.807) is 6.07 Å². The third-order valence-electron chi connectivity index (χ3n) is 6.03. The largest absolute Gasteiger partial charge is 0.416 e. The molecular weight excluding hydrogens is 467 g/mol. The Hall–Kier alpha value is -2.10. The van der Waals surface area contributed by atoms with Gasteiger partial charge < -0.3 is 10.2 Å². The monoisotopic (exact) mass is 495 g/mol. The van der Waals surface area contributed by atoms with Crippen LogP contribution in [0.25, 0.3) is 10.1 Å². The van der Waals surface area contributed by atoms with Gasteiger partial charge in [-0.2, -0.15) is 13.2 Å². The third kappa shape index (κ3) is 6.28. The van der Waals surface area contributed by atoms with E-state index in [-0.39, 0.29) is 5.91 Å². The van der Waals surface area contributed by atoms with Gasteiger partial charge in [-0.15, -0.1) is 22.7 Å². The molecular formula is C24H28F3N3OS2. The number of anilines is 1. The van der Waals surface area contributed by atoms with Crippen LogP contribution in [0, 0.1) is 0 Å². The lowest BCUT2D eigenvalue weighted by Gasteiger charge is -2.36. The van der Waals surface area contributed by atoms with Crippen LogP contribution in [0.3, 0.4) is 0 Å². The summed E-state index contributed by atoms with van der Waals surface area (Å²) in [5, 5.41) is 7.77. The molecule has 0 atom stereocenters. The second-order valence-corrected chi connectivity index (χ2v) is 10.2. The van der Waals surface area contributed by atoms with Gasteiger partial charge in [0.2, 0.25) is 0 Å². The summed E-state index contributed by atoms with van der Waals surface area (Å²) < 4.78 is 39.6. The molecule has 9 heteroatoms. The van der Waals surface area contributed by atoms with E-state index in [1.807, 2.05) is 22.9 Å². The second kappa shape index (κ2) is 10.9. The zero-order valence-corrected chi connectivity index (χ0v) is 20.0. The number of hydrogen-bond acceptors (Lipinski definition) is 5.